The topological polar surface area (TPSA) is 20.2 Å². The van der Waals surface area contributed by atoms with E-state index in [1.54, 1.807) is 0 Å². The van der Waals surface area contributed by atoms with E-state index in [0.29, 0.717) is 0 Å². The molecule has 0 amide bonds. The minimum Gasteiger partial charge on any atom is -0.392 e. The highest BCUT2D eigenvalue weighted by molar-refractivity contribution is 5.29. The number of hydrogen-bond acceptors (Lipinski definition) is 1. The molecule has 0 atom stereocenters. The van der Waals surface area contributed by atoms with E-state index in [4.69, 9.17) is 5.11 Å². The van der Waals surface area contributed by atoms with Crippen molar-refractivity contribution >= 4 is 0 Å². The second kappa shape index (κ2) is 9.83. The summed E-state index contributed by atoms with van der Waals surface area (Å²) < 4.78 is 0. The second-order valence-corrected chi connectivity index (χ2v) is 2.59. The highest BCUT2D eigenvalue weighted by atomic mass is 16.3. The Hall–Kier alpha value is -1.26. The van der Waals surface area contributed by atoms with Gasteiger partial charge in [0.1, 0.15) is 0 Å². The van der Waals surface area contributed by atoms with Crippen LogP contribution in [-0.4, -0.2) is 5.11 Å². The molecule has 0 spiro atoms. The first-order valence-corrected chi connectivity index (χ1v) is 4.74. The zero-order valence-corrected chi connectivity index (χ0v) is 9.54. The van der Waals surface area contributed by atoms with Gasteiger partial charge in [0.05, 0.1) is 6.61 Å². The largest absolute Gasteiger partial charge is 0.392 e. The summed E-state index contributed by atoms with van der Waals surface area (Å²) >= 11 is 0. The maximum atomic E-state index is 8.84. The Kier molecular flexibility index (Phi) is 10.7. The predicted molar refractivity (Wildman–Crippen MR) is 63.1 cm³/mol. The summed E-state index contributed by atoms with van der Waals surface area (Å²) in [5, 5.41) is 8.84. The molecule has 0 aliphatic rings. The molecule has 0 unspecified atom stereocenters. The maximum absolute atomic E-state index is 8.84. The summed E-state index contributed by atoms with van der Waals surface area (Å²) in [4.78, 5) is 0. The van der Waals surface area contributed by atoms with Gasteiger partial charge in [-0.1, -0.05) is 37.6 Å². The van der Waals surface area contributed by atoms with Crippen LogP contribution in [0, 0.1) is 26.7 Å². The molecule has 0 aliphatic heterocycles. The average Bonchev–Trinajstić information content (AvgIpc) is 2.27. The van der Waals surface area contributed by atoms with Gasteiger partial charge < -0.3 is 5.11 Å². The van der Waals surface area contributed by atoms with Crippen LogP contribution < -0.4 is 0 Å². The molecule has 0 saturated carbocycles. The van der Waals surface area contributed by atoms with Crippen LogP contribution in [0.15, 0.2) is 18.2 Å². The highest BCUT2D eigenvalue weighted by Crippen LogP contribution is 2.09. The maximum Gasteiger partial charge on any atom is 0.0684 e. The van der Waals surface area contributed by atoms with E-state index in [1.165, 1.54) is 5.56 Å². The molecule has 0 fully saturated rings. The van der Waals surface area contributed by atoms with Crippen molar-refractivity contribution in [3.8, 4) is 12.8 Å². The fraction of sp³-hybridized carbons (Fsp3) is 0.385. The average molecular weight is 192 g/mol. The van der Waals surface area contributed by atoms with Gasteiger partial charge in [0, 0.05) is 0 Å². The summed E-state index contributed by atoms with van der Waals surface area (Å²) in [6, 6.07) is 6.09. The van der Waals surface area contributed by atoms with Crippen molar-refractivity contribution in [2.75, 3.05) is 0 Å². The van der Waals surface area contributed by atoms with Crippen molar-refractivity contribution in [1.29, 1.82) is 0 Å². The van der Waals surface area contributed by atoms with E-state index in [2.05, 4.69) is 18.9 Å². The number of rotatable bonds is 1. The van der Waals surface area contributed by atoms with Gasteiger partial charge in [0.2, 0.25) is 0 Å². The monoisotopic (exact) mass is 192 g/mol. The normalized spacial score (nSPS) is 7.64. The Balaban J connectivity index is 0. The number of aliphatic hydroxyl groups excluding tert-OH is 1. The van der Waals surface area contributed by atoms with Gasteiger partial charge in [-0.15, -0.1) is 12.8 Å². The van der Waals surface area contributed by atoms with Gasteiger partial charge >= 0.3 is 0 Å². The fourth-order valence-electron chi connectivity index (χ4n) is 0.971. The quantitative estimate of drug-likeness (QED) is 0.678. The summed E-state index contributed by atoms with van der Waals surface area (Å²) in [5.74, 6) is 0. The molecule has 1 heteroatoms. The van der Waals surface area contributed by atoms with Gasteiger partial charge in [-0.25, -0.2) is 0 Å². The molecule has 1 aromatic rings. The molecule has 1 N–H and O–H groups in total. The molecule has 78 valence electrons. The van der Waals surface area contributed by atoms with Crippen molar-refractivity contribution in [1.82, 2.24) is 0 Å². The summed E-state index contributed by atoms with van der Waals surface area (Å²) in [6.07, 6.45) is 8.00. The summed E-state index contributed by atoms with van der Waals surface area (Å²) in [7, 11) is 0. The van der Waals surface area contributed by atoms with E-state index >= 15 is 0 Å². The number of aliphatic hydroxyl groups is 1. The minimum absolute atomic E-state index is 0.146. The lowest BCUT2D eigenvalue weighted by molar-refractivity contribution is 0.281. The molecule has 0 heterocycles. The van der Waals surface area contributed by atoms with E-state index < -0.39 is 0 Å². The van der Waals surface area contributed by atoms with Gasteiger partial charge in [-0.3, -0.25) is 0 Å². The molecule has 0 bridgehead atoms. The van der Waals surface area contributed by atoms with Crippen LogP contribution in [0.25, 0.3) is 0 Å². The van der Waals surface area contributed by atoms with Gasteiger partial charge in [-0.2, -0.15) is 0 Å². The van der Waals surface area contributed by atoms with Crippen LogP contribution in [0.5, 0.6) is 0 Å². The zero-order valence-electron chi connectivity index (χ0n) is 9.54. The third-order valence-electron chi connectivity index (χ3n) is 1.67. The third-order valence-corrected chi connectivity index (χ3v) is 1.67. The number of aryl methyl sites for hydroxylation is 2. The van der Waals surface area contributed by atoms with Crippen LogP contribution in [0.4, 0.5) is 0 Å². The van der Waals surface area contributed by atoms with Crippen molar-refractivity contribution in [2.45, 2.75) is 34.3 Å². The molecule has 1 rings (SSSR count). The number of benzene rings is 1. The van der Waals surface area contributed by atoms with Crippen molar-refractivity contribution in [3.63, 3.8) is 0 Å². The standard InChI is InChI=1S/C9H12O.C2H6.C2H2/c1-7-3-4-8(2)9(5-7)6-10;2*1-2/h3-5,10H,6H2,1-2H3;1-2H3;1-2H. The molecule has 1 aromatic carbocycles. The molecular weight excluding hydrogens is 172 g/mol. The Morgan fingerprint density at radius 2 is 1.64 bits per heavy atom. The molecule has 14 heavy (non-hydrogen) atoms. The van der Waals surface area contributed by atoms with Crippen LogP contribution in [0.1, 0.15) is 30.5 Å². The van der Waals surface area contributed by atoms with Crippen LogP contribution >= 0.6 is 0 Å². The summed E-state index contributed by atoms with van der Waals surface area (Å²) in [5.41, 5.74) is 3.39. The lowest BCUT2D eigenvalue weighted by Gasteiger charge is -2.01. The first-order valence-electron chi connectivity index (χ1n) is 4.74. The Morgan fingerprint density at radius 3 is 2.00 bits per heavy atom. The van der Waals surface area contributed by atoms with Crippen molar-refractivity contribution in [3.05, 3.63) is 34.9 Å². The molecule has 0 aliphatic carbocycles. The van der Waals surface area contributed by atoms with E-state index in [9.17, 15) is 0 Å². The fourth-order valence-corrected chi connectivity index (χ4v) is 0.971. The minimum atomic E-state index is 0.146. The van der Waals surface area contributed by atoms with E-state index in [1.807, 2.05) is 39.8 Å². The molecular formula is C13H20O. The number of hydrogen-bond donors (Lipinski definition) is 1. The van der Waals surface area contributed by atoms with Crippen LogP contribution in [0.2, 0.25) is 0 Å². The summed E-state index contributed by atoms with van der Waals surface area (Å²) in [6.45, 7) is 8.18. The van der Waals surface area contributed by atoms with Crippen molar-refractivity contribution < 1.29 is 5.11 Å². The van der Waals surface area contributed by atoms with Crippen molar-refractivity contribution in [2.24, 2.45) is 0 Å². The van der Waals surface area contributed by atoms with E-state index in [0.717, 1.165) is 11.1 Å². The van der Waals surface area contributed by atoms with Gasteiger partial charge in [-0.05, 0) is 25.0 Å². The predicted octanol–water partition coefficient (Wildman–Crippen LogP) is 3.07. The van der Waals surface area contributed by atoms with Gasteiger partial charge in [0.25, 0.3) is 0 Å². The van der Waals surface area contributed by atoms with Crippen LogP contribution in [-0.2, 0) is 6.61 Å². The molecule has 0 radical (unpaired) electrons. The van der Waals surface area contributed by atoms with E-state index in [-0.39, 0.29) is 6.61 Å². The first-order chi connectivity index (χ1) is 6.74. The Bertz CT molecular complexity index is 261. The highest BCUT2D eigenvalue weighted by Gasteiger charge is 1.94. The lowest BCUT2D eigenvalue weighted by atomic mass is 10.1. The third kappa shape index (κ3) is 5.40. The Labute approximate surface area is 87.8 Å². The first kappa shape index (κ1) is 15.2. The molecule has 0 saturated heterocycles. The van der Waals surface area contributed by atoms with Gasteiger partial charge in [0.15, 0.2) is 0 Å². The van der Waals surface area contributed by atoms with Crippen LogP contribution in [0.3, 0.4) is 0 Å². The SMILES string of the molecule is C#C.CC.Cc1ccc(C)c(CO)c1. The zero-order chi connectivity index (χ0) is 11.6. The number of terminal acetylenes is 1. The smallest absolute Gasteiger partial charge is 0.0684 e. The molecule has 0 aromatic heterocycles. The molecule has 1 nitrogen and oxygen atoms in total. The second-order valence-electron chi connectivity index (χ2n) is 2.59. The lowest BCUT2D eigenvalue weighted by Crippen LogP contribution is -1.88. The Morgan fingerprint density at radius 1 is 1.14 bits per heavy atom.